The fourth-order valence-electron chi connectivity index (χ4n) is 5.17. The minimum Gasteiger partial charge on any atom is -0.312 e. The fraction of sp³-hybridized carbons (Fsp3) is 0.429. The normalized spacial score (nSPS) is 23.2. The third kappa shape index (κ3) is 3.06. The highest BCUT2D eigenvalue weighted by molar-refractivity contribution is 9.10. The van der Waals surface area contributed by atoms with Gasteiger partial charge in [-0.25, -0.2) is 8.42 Å². The van der Waals surface area contributed by atoms with Gasteiger partial charge in [0.1, 0.15) is 4.90 Å². The largest absolute Gasteiger partial charge is 0.312 e. The Hall–Kier alpha value is -1.97. The van der Waals surface area contributed by atoms with Gasteiger partial charge in [0.25, 0.3) is 5.56 Å². The molecule has 1 saturated heterocycles. The number of sulfonamides is 1. The molecule has 3 aliphatic rings. The molecule has 0 spiro atoms. The Bertz CT molecular complexity index is 1220. The molecule has 1 aromatic carbocycles. The first-order chi connectivity index (χ1) is 14.3. The van der Waals surface area contributed by atoms with Crippen LogP contribution in [0.4, 0.5) is 5.69 Å². The zero-order valence-corrected chi connectivity index (χ0v) is 18.9. The van der Waals surface area contributed by atoms with E-state index in [0.29, 0.717) is 42.8 Å². The lowest BCUT2D eigenvalue weighted by Crippen LogP contribution is -2.49. The van der Waals surface area contributed by atoms with Crippen LogP contribution in [0, 0.1) is 5.92 Å². The van der Waals surface area contributed by atoms with Crippen molar-refractivity contribution in [3.05, 3.63) is 56.4 Å². The van der Waals surface area contributed by atoms with Crippen molar-refractivity contribution in [2.24, 2.45) is 5.92 Å². The van der Waals surface area contributed by atoms with E-state index in [9.17, 15) is 18.0 Å². The smallest absolute Gasteiger partial charge is 0.250 e. The molecule has 1 amide bonds. The Morgan fingerprint density at radius 1 is 1.17 bits per heavy atom. The molecule has 0 radical (unpaired) electrons. The van der Waals surface area contributed by atoms with Crippen molar-refractivity contribution < 1.29 is 13.2 Å². The predicted molar refractivity (Wildman–Crippen MR) is 116 cm³/mol. The second-order valence-corrected chi connectivity index (χ2v) is 11.2. The van der Waals surface area contributed by atoms with Gasteiger partial charge in [0.2, 0.25) is 15.9 Å². The molecule has 4 heterocycles. The number of nitrogens with zero attached hydrogens (tertiary/aromatic N) is 3. The average Bonchev–Trinajstić information content (AvgIpc) is 3.12. The van der Waals surface area contributed by atoms with Crippen molar-refractivity contribution in [1.82, 2.24) is 8.87 Å². The van der Waals surface area contributed by atoms with Gasteiger partial charge in [-0.05, 0) is 42.5 Å². The summed E-state index contributed by atoms with van der Waals surface area (Å²) in [5, 5.41) is 0. The first-order valence-electron chi connectivity index (χ1n) is 10.1. The quantitative estimate of drug-likeness (QED) is 0.645. The number of aromatic nitrogens is 1. The number of carbonyl (C=O) groups is 1. The maximum Gasteiger partial charge on any atom is 0.250 e. The standard InChI is InChI=1S/C21H22BrN3O4S/c1-13(26)24-6-5-15-8-17(22)9-19(21(15)24)30(28,29)23-10-14-7-16(12-23)18-3-2-4-20(27)25(18)11-14/h2-4,8-9,14,16H,5-7,10-12H2,1H3/t14-,16+/m1/s1. The number of fused-ring (bicyclic) bond motifs is 5. The molecule has 1 aromatic heterocycles. The molecule has 30 heavy (non-hydrogen) atoms. The molecule has 158 valence electrons. The van der Waals surface area contributed by atoms with E-state index in [2.05, 4.69) is 15.9 Å². The minimum absolute atomic E-state index is 0.00899. The molecular weight excluding hydrogens is 470 g/mol. The van der Waals surface area contributed by atoms with Crippen LogP contribution in [-0.4, -0.2) is 42.8 Å². The molecular formula is C21H22BrN3O4S. The summed E-state index contributed by atoms with van der Waals surface area (Å²) >= 11 is 3.44. The van der Waals surface area contributed by atoms with Crippen molar-refractivity contribution >= 4 is 37.5 Å². The van der Waals surface area contributed by atoms with Crippen LogP contribution in [0.2, 0.25) is 0 Å². The zero-order chi connectivity index (χ0) is 21.2. The van der Waals surface area contributed by atoms with Crippen molar-refractivity contribution in [3.63, 3.8) is 0 Å². The van der Waals surface area contributed by atoms with Crippen molar-refractivity contribution in [2.75, 3.05) is 24.5 Å². The topological polar surface area (TPSA) is 79.7 Å². The van der Waals surface area contributed by atoms with Gasteiger partial charge in [-0.15, -0.1) is 0 Å². The molecule has 5 rings (SSSR count). The predicted octanol–water partition coefficient (Wildman–Crippen LogP) is 2.33. The average molecular weight is 492 g/mol. The van der Waals surface area contributed by atoms with Gasteiger partial charge in [0.15, 0.2) is 0 Å². The van der Waals surface area contributed by atoms with E-state index < -0.39 is 10.0 Å². The lowest BCUT2D eigenvalue weighted by molar-refractivity contribution is -0.116. The van der Waals surface area contributed by atoms with Crippen LogP contribution in [0.5, 0.6) is 0 Å². The van der Waals surface area contributed by atoms with Crippen LogP contribution in [0.1, 0.15) is 30.5 Å². The lowest BCUT2D eigenvalue weighted by Gasteiger charge is -2.42. The van der Waals surface area contributed by atoms with Gasteiger partial charge in [-0.1, -0.05) is 22.0 Å². The van der Waals surface area contributed by atoms with Crippen LogP contribution in [0.15, 0.2) is 44.5 Å². The van der Waals surface area contributed by atoms with Crippen LogP contribution in [-0.2, 0) is 27.8 Å². The highest BCUT2D eigenvalue weighted by atomic mass is 79.9. The van der Waals surface area contributed by atoms with E-state index in [4.69, 9.17) is 0 Å². The Kier molecular flexibility index (Phi) is 4.68. The first kappa shape index (κ1) is 20.0. The van der Waals surface area contributed by atoms with Crippen LogP contribution in [0.3, 0.4) is 0 Å². The summed E-state index contributed by atoms with van der Waals surface area (Å²) in [6.07, 6.45) is 1.52. The molecule has 2 aromatic rings. The van der Waals surface area contributed by atoms with E-state index in [1.54, 1.807) is 32.0 Å². The van der Waals surface area contributed by atoms with Crippen molar-refractivity contribution in [3.8, 4) is 0 Å². The summed E-state index contributed by atoms with van der Waals surface area (Å²) in [7, 11) is -3.81. The molecule has 7 nitrogen and oxygen atoms in total. The number of piperidine rings is 1. The Morgan fingerprint density at radius 3 is 2.73 bits per heavy atom. The van der Waals surface area contributed by atoms with E-state index >= 15 is 0 Å². The summed E-state index contributed by atoms with van der Waals surface area (Å²) in [5.74, 6) is -0.0724. The molecule has 2 bridgehead atoms. The summed E-state index contributed by atoms with van der Waals surface area (Å²) in [4.78, 5) is 26.1. The van der Waals surface area contributed by atoms with Crippen molar-refractivity contribution in [2.45, 2.75) is 37.1 Å². The van der Waals surface area contributed by atoms with Gasteiger partial charge in [0.05, 0.1) is 5.69 Å². The third-order valence-corrected chi connectivity index (χ3v) is 8.74. The molecule has 0 aliphatic carbocycles. The molecule has 0 unspecified atom stereocenters. The third-order valence-electron chi connectivity index (χ3n) is 6.44. The maximum atomic E-state index is 13.8. The Balaban J connectivity index is 1.57. The molecule has 1 fully saturated rings. The van der Waals surface area contributed by atoms with Crippen molar-refractivity contribution in [1.29, 1.82) is 0 Å². The lowest BCUT2D eigenvalue weighted by atomic mass is 9.84. The molecule has 0 N–H and O–H groups in total. The number of pyridine rings is 1. The molecule has 3 aliphatic heterocycles. The number of halogens is 1. The van der Waals surface area contributed by atoms with Crippen LogP contribution >= 0.6 is 15.9 Å². The van der Waals surface area contributed by atoms with Gasteiger partial charge in [0, 0.05) is 55.3 Å². The fourth-order valence-corrected chi connectivity index (χ4v) is 7.65. The maximum absolute atomic E-state index is 13.8. The number of hydrogen-bond donors (Lipinski definition) is 0. The minimum atomic E-state index is -3.81. The highest BCUT2D eigenvalue weighted by Crippen LogP contribution is 2.42. The molecule has 9 heteroatoms. The number of rotatable bonds is 2. The van der Waals surface area contributed by atoms with Gasteiger partial charge >= 0.3 is 0 Å². The van der Waals surface area contributed by atoms with Gasteiger partial charge < -0.3 is 9.47 Å². The number of benzene rings is 1. The summed E-state index contributed by atoms with van der Waals surface area (Å²) in [5.41, 5.74) is 2.26. The van der Waals surface area contributed by atoms with Crippen LogP contribution < -0.4 is 10.5 Å². The summed E-state index contributed by atoms with van der Waals surface area (Å²) < 4.78 is 31.6. The van der Waals surface area contributed by atoms with E-state index in [1.165, 1.54) is 6.92 Å². The summed E-state index contributed by atoms with van der Waals surface area (Å²) in [6.45, 7) is 3.21. The second kappa shape index (κ2) is 7.03. The second-order valence-electron chi connectivity index (χ2n) is 8.35. The SMILES string of the molecule is CC(=O)N1CCc2cc(Br)cc(S(=O)(=O)N3C[C@H]4C[C@@H](C3)c3cccc(=O)n3C4)c21. The molecule has 2 atom stereocenters. The number of amides is 1. The van der Waals surface area contributed by atoms with Gasteiger partial charge in [-0.2, -0.15) is 4.31 Å². The number of carbonyl (C=O) groups excluding carboxylic acids is 1. The number of hydrogen-bond acceptors (Lipinski definition) is 4. The first-order valence-corrected chi connectivity index (χ1v) is 12.3. The monoisotopic (exact) mass is 491 g/mol. The van der Waals surface area contributed by atoms with E-state index in [0.717, 1.165) is 17.7 Å². The Labute approximate surface area is 183 Å². The number of anilines is 1. The molecule has 0 saturated carbocycles. The summed E-state index contributed by atoms with van der Waals surface area (Å²) in [6, 6.07) is 8.73. The van der Waals surface area contributed by atoms with E-state index in [-0.39, 0.29) is 28.2 Å². The van der Waals surface area contributed by atoms with E-state index in [1.807, 2.05) is 12.1 Å². The van der Waals surface area contributed by atoms with Gasteiger partial charge in [-0.3, -0.25) is 9.59 Å². The highest BCUT2D eigenvalue weighted by Gasteiger charge is 2.41. The van der Waals surface area contributed by atoms with Crippen LogP contribution in [0.25, 0.3) is 0 Å². The Morgan fingerprint density at radius 2 is 1.97 bits per heavy atom. The zero-order valence-electron chi connectivity index (χ0n) is 16.5.